The third-order valence-electron chi connectivity index (χ3n) is 1.59. The van der Waals surface area contributed by atoms with Gasteiger partial charge in [0.25, 0.3) is 0 Å². The zero-order valence-corrected chi connectivity index (χ0v) is 11.4. The first-order valence-corrected chi connectivity index (χ1v) is 6.96. The minimum atomic E-state index is -3.45. The van der Waals surface area contributed by atoms with Crippen LogP contribution in [0.2, 0.25) is 5.02 Å². The molecular weight excluding hydrogens is 302 g/mol. The molecule has 0 aliphatic rings. The summed E-state index contributed by atoms with van der Waals surface area (Å²) in [5.41, 5.74) is 0. The van der Waals surface area contributed by atoms with E-state index in [2.05, 4.69) is 20.7 Å². The second kappa shape index (κ2) is 4.82. The molecule has 0 atom stereocenters. The Hall–Kier alpha value is -0.100. The van der Waals surface area contributed by atoms with Crippen LogP contribution >= 0.6 is 27.5 Å². The van der Waals surface area contributed by atoms with E-state index >= 15 is 0 Å². The van der Waals surface area contributed by atoms with Crippen LogP contribution in [0.3, 0.4) is 0 Å². The molecule has 1 aromatic carbocycles. The minimum absolute atomic E-state index is 0.141. The second-order valence-electron chi connectivity index (χ2n) is 3.35. The fraction of sp³-hybridized carbons (Fsp3) is 0.333. The summed E-state index contributed by atoms with van der Waals surface area (Å²) >= 11 is 9.02. The maximum atomic E-state index is 11.7. The molecule has 1 aromatic rings. The van der Waals surface area contributed by atoms with Gasteiger partial charge in [-0.1, -0.05) is 11.6 Å². The topological polar surface area (TPSA) is 46.2 Å². The van der Waals surface area contributed by atoms with Crippen LogP contribution in [0.4, 0.5) is 0 Å². The van der Waals surface area contributed by atoms with E-state index in [0.29, 0.717) is 9.50 Å². The van der Waals surface area contributed by atoms with Crippen molar-refractivity contribution in [3.63, 3.8) is 0 Å². The van der Waals surface area contributed by atoms with Crippen molar-refractivity contribution in [2.45, 2.75) is 24.8 Å². The zero-order valence-electron chi connectivity index (χ0n) is 8.29. The molecule has 0 aliphatic carbocycles. The number of hydrogen-bond donors (Lipinski definition) is 1. The van der Waals surface area contributed by atoms with Gasteiger partial charge in [-0.05, 0) is 48.0 Å². The Balaban J connectivity index is 3.11. The van der Waals surface area contributed by atoms with E-state index in [1.54, 1.807) is 19.9 Å². The summed E-state index contributed by atoms with van der Waals surface area (Å²) < 4.78 is 26.6. The Morgan fingerprint density at radius 3 is 2.47 bits per heavy atom. The largest absolute Gasteiger partial charge is 0.240 e. The van der Waals surface area contributed by atoms with Crippen molar-refractivity contribution in [2.24, 2.45) is 0 Å². The molecule has 0 amide bonds. The Bertz CT molecular complexity index is 459. The molecule has 1 rings (SSSR count). The van der Waals surface area contributed by atoms with Crippen molar-refractivity contribution in [2.75, 3.05) is 0 Å². The molecule has 84 valence electrons. The molecule has 0 aliphatic heterocycles. The molecule has 0 unspecified atom stereocenters. The van der Waals surface area contributed by atoms with Crippen molar-refractivity contribution in [1.82, 2.24) is 4.72 Å². The lowest BCUT2D eigenvalue weighted by atomic mass is 10.4. The average Bonchev–Trinajstić information content (AvgIpc) is 2.07. The minimum Gasteiger partial charge on any atom is -0.209 e. The average molecular weight is 313 g/mol. The Morgan fingerprint density at radius 1 is 1.40 bits per heavy atom. The normalized spacial score (nSPS) is 12.1. The van der Waals surface area contributed by atoms with Crippen molar-refractivity contribution in [3.05, 3.63) is 27.7 Å². The first-order valence-electron chi connectivity index (χ1n) is 4.30. The summed E-state index contributed by atoms with van der Waals surface area (Å²) in [4.78, 5) is 0.171. The first kappa shape index (κ1) is 13.0. The van der Waals surface area contributed by atoms with Crippen LogP contribution in [-0.4, -0.2) is 14.5 Å². The lowest BCUT2D eigenvalue weighted by Gasteiger charge is -2.09. The monoisotopic (exact) mass is 311 g/mol. The van der Waals surface area contributed by atoms with E-state index in [-0.39, 0.29) is 10.9 Å². The zero-order chi connectivity index (χ0) is 11.6. The number of nitrogens with one attached hydrogen (secondary N) is 1. The van der Waals surface area contributed by atoms with Gasteiger partial charge in [0.1, 0.15) is 0 Å². The van der Waals surface area contributed by atoms with Crippen molar-refractivity contribution in [1.29, 1.82) is 0 Å². The van der Waals surface area contributed by atoms with Crippen LogP contribution in [0.15, 0.2) is 27.6 Å². The molecule has 0 heterocycles. The maximum absolute atomic E-state index is 11.7. The van der Waals surface area contributed by atoms with Crippen LogP contribution in [0.25, 0.3) is 0 Å². The van der Waals surface area contributed by atoms with Gasteiger partial charge in [0.2, 0.25) is 10.0 Å². The number of sulfonamides is 1. The molecule has 0 saturated carbocycles. The van der Waals surface area contributed by atoms with Crippen molar-refractivity contribution in [3.8, 4) is 0 Å². The lowest BCUT2D eigenvalue weighted by molar-refractivity contribution is 0.570. The van der Waals surface area contributed by atoms with E-state index in [1.807, 2.05) is 0 Å². The van der Waals surface area contributed by atoms with Gasteiger partial charge in [-0.25, -0.2) is 13.1 Å². The van der Waals surface area contributed by atoms with Gasteiger partial charge in [-0.2, -0.15) is 0 Å². The number of halogens is 2. The predicted molar refractivity (Wildman–Crippen MR) is 64.6 cm³/mol. The fourth-order valence-corrected chi connectivity index (χ4v) is 2.79. The summed E-state index contributed by atoms with van der Waals surface area (Å²) in [6.45, 7) is 3.52. The van der Waals surface area contributed by atoms with Crippen molar-refractivity contribution < 1.29 is 8.42 Å². The van der Waals surface area contributed by atoms with Crippen molar-refractivity contribution >= 4 is 37.6 Å². The van der Waals surface area contributed by atoms with E-state index in [1.165, 1.54) is 12.1 Å². The molecule has 0 radical (unpaired) electrons. The lowest BCUT2D eigenvalue weighted by Crippen LogP contribution is -2.30. The molecular formula is C9H11BrClNO2S. The van der Waals surface area contributed by atoms with Crippen LogP contribution in [0, 0.1) is 0 Å². The predicted octanol–water partition coefficient (Wildman–Crippen LogP) is 2.79. The molecule has 15 heavy (non-hydrogen) atoms. The maximum Gasteiger partial charge on any atom is 0.240 e. The smallest absolute Gasteiger partial charge is 0.209 e. The van der Waals surface area contributed by atoms with E-state index in [9.17, 15) is 8.42 Å². The molecule has 3 nitrogen and oxygen atoms in total. The van der Waals surface area contributed by atoms with Gasteiger partial charge in [-0.3, -0.25) is 0 Å². The molecule has 1 N–H and O–H groups in total. The highest BCUT2D eigenvalue weighted by molar-refractivity contribution is 9.10. The number of hydrogen-bond acceptors (Lipinski definition) is 2. The van der Waals surface area contributed by atoms with Gasteiger partial charge in [0.15, 0.2) is 0 Å². The molecule has 0 bridgehead atoms. The summed E-state index contributed by atoms with van der Waals surface area (Å²) in [7, 11) is -3.45. The molecule has 0 aromatic heterocycles. The van der Waals surface area contributed by atoms with Crippen LogP contribution in [0.5, 0.6) is 0 Å². The van der Waals surface area contributed by atoms with Crippen LogP contribution < -0.4 is 4.72 Å². The first-order chi connectivity index (χ1) is 6.83. The Morgan fingerprint density at radius 2 is 2.00 bits per heavy atom. The van der Waals surface area contributed by atoms with Gasteiger partial charge in [0, 0.05) is 10.5 Å². The molecule has 0 saturated heterocycles. The third kappa shape index (κ3) is 3.45. The van der Waals surface area contributed by atoms with Crippen LogP contribution in [0.1, 0.15) is 13.8 Å². The van der Waals surface area contributed by atoms with E-state index in [0.717, 1.165) is 0 Å². The standard InChI is InChI=1S/C9H11BrClNO2S/c1-6(2)12-15(13,14)7-3-4-8(10)9(11)5-7/h3-6,12H,1-2H3. The molecule has 6 heteroatoms. The summed E-state index contributed by atoms with van der Waals surface area (Å²) in [6, 6.07) is 4.38. The highest BCUT2D eigenvalue weighted by Crippen LogP contribution is 2.25. The summed E-state index contributed by atoms with van der Waals surface area (Å²) in [5, 5.41) is 0.377. The molecule has 0 spiro atoms. The number of benzene rings is 1. The number of rotatable bonds is 3. The van der Waals surface area contributed by atoms with Gasteiger partial charge in [0.05, 0.1) is 9.92 Å². The van der Waals surface area contributed by atoms with Gasteiger partial charge in [-0.15, -0.1) is 0 Å². The molecule has 0 fully saturated rings. The van der Waals surface area contributed by atoms with E-state index < -0.39 is 10.0 Å². The fourth-order valence-electron chi connectivity index (χ4n) is 1.02. The quantitative estimate of drug-likeness (QED) is 0.933. The second-order valence-corrected chi connectivity index (χ2v) is 6.33. The van der Waals surface area contributed by atoms with E-state index in [4.69, 9.17) is 11.6 Å². The van der Waals surface area contributed by atoms with Gasteiger partial charge >= 0.3 is 0 Å². The Labute approximate surface area is 103 Å². The summed E-state index contributed by atoms with van der Waals surface area (Å²) in [5.74, 6) is 0. The Kier molecular flexibility index (Phi) is 4.17. The van der Waals surface area contributed by atoms with Gasteiger partial charge < -0.3 is 0 Å². The highest BCUT2D eigenvalue weighted by atomic mass is 79.9. The third-order valence-corrected chi connectivity index (χ3v) is 4.48. The summed E-state index contributed by atoms with van der Waals surface area (Å²) in [6.07, 6.45) is 0. The van der Waals surface area contributed by atoms with Crippen LogP contribution in [-0.2, 0) is 10.0 Å². The SMILES string of the molecule is CC(C)NS(=O)(=O)c1ccc(Br)c(Cl)c1. The highest BCUT2D eigenvalue weighted by Gasteiger charge is 2.16.